The number of hydrogen-bond donors (Lipinski definition) is 2. The number of amides is 1. The molecule has 2 heterocycles. The van der Waals surface area contributed by atoms with Gasteiger partial charge < -0.3 is 20.1 Å². The smallest absolute Gasteiger partial charge is 0.255 e. The molecule has 1 aliphatic heterocycles. The molecule has 0 saturated carbocycles. The molecule has 0 radical (unpaired) electrons. The van der Waals surface area contributed by atoms with Crippen LogP contribution in [0, 0.1) is 6.92 Å². The van der Waals surface area contributed by atoms with Gasteiger partial charge in [-0.05, 0) is 51.8 Å². The summed E-state index contributed by atoms with van der Waals surface area (Å²) in [5, 5.41) is 12.8. The molecule has 0 bridgehead atoms. The lowest BCUT2D eigenvalue weighted by molar-refractivity contribution is 0.0229. The third-order valence-corrected chi connectivity index (χ3v) is 5.42. The summed E-state index contributed by atoms with van der Waals surface area (Å²) in [6, 6.07) is 11.9. The predicted octanol–water partition coefficient (Wildman–Crippen LogP) is 3.17. The SMILES string of the molecule is COC(C)(C)CNC(=O)c1ccc(-c2cccc(C)c2)nc1N1CCC(O)CC1. The highest BCUT2D eigenvalue weighted by Gasteiger charge is 2.25. The number of methoxy groups -OCH3 is 1. The largest absolute Gasteiger partial charge is 0.393 e. The topological polar surface area (TPSA) is 74.7 Å². The van der Waals surface area contributed by atoms with Crippen LogP contribution in [-0.4, -0.2) is 54.4 Å². The molecular weight excluding hydrogens is 366 g/mol. The monoisotopic (exact) mass is 397 g/mol. The fraction of sp³-hybridized carbons (Fsp3) is 0.478. The second-order valence-electron chi connectivity index (χ2n) is 8.30. The maximum absolute atomic E-state index is 13.0. The van der Waals surface area contributed by atoms with Gasteiger partial charge in [-0.1, -0.05) is 23.8 Å². The van der Waals surface area contributed by atoms with Crippen LogP contribution in [0.5, 0.6) is 0 Å². The number of piperidine rings is 1. The van der Waals surface area contributed by atoms with E-state index in [0.29, 0.717) is 43.9 Å². The Bertz CT molecular complexity index is 858. The Morgan fingerprint density at radius 3 is 2.66 bits per heavy atom. The van der Waals surface area contributed by atoms with Gasteiger partial charge in [-0.15, -0.1) is 0 Å². The van der Waals surface area contributed by atoms with E-state index in [1.165, 1.54) is 0 Å². The summed E-state index contributed by atoms with van der Waals surface area (Å²) >= 11 is 0. The van der Waals surface area contributed by atoms with E-state index in [1.54, 1.807) is 7.11 Å². The summed E-state index contributed by atoms with van der Waals surface area (Å²) in [6.45, 7) is 7.67. The average molecular weight is 398 g/mol. The Labute approximate surface area is 172 Å². The van der Waals surface area contributed by atoms with Crippen molar-refractivity contribution in [1.82, 2.24) is 10.3 Å². The van der Waals surface area contributed by atoms with Gasteiger partial charge in [-0.3, -0.25) is 4.79 Å². The van der Waals surface area contributed by atoms with Gasteiger partial charge in [0.1, 0.15) is 5.82 Å². The fourth-order valence-electron chi connectivity index (χ4n) is 3.37. The quantitative estimate of drug-likeness (QED) is 0.783. The molecule has 6 heteroatoms. The van der Waals surface area contributed by atoms with Crippen LogP contribution in [0.3, 0.4) is 0 Å². The molecule has 0 unspecified atom stereocenters. The average Bonchev–Trinajstić information content (AvgIpc) is 2.72. The summed E-state index contributed by atoms with van der Waals surface area (Å²) in [6.07, 6.45) is 1.06. The second-order valence-corrected chi connectivity index (χ2v) is 8.30. The molecule has 156 valence electrons. The van der Waals surface area contributed by atoms with Crippen LogP contribution in [0.25, 0.3) is 11.3 Å². The van der Waals surface area contributed by atoms with Gasteiger partial charge in [0.15, 0.2) is 0 Å². The van der Waals surface area contributed by atoms with E-state index < -0.39 is 5.60 Å². The molecule has 0 aliphatic carbocycles. The fourth-order valence-corrected chi connectivity index (χ4v) is 3.37. The Morgan fingerprint density at radius 2 is 2.00 bits per heavy atom. The predicted molar refractivity (Wildman–Crippen MR) is 115 cm³/mol. The minimum Gasteiger partial charge on any atom is -0.393 e. The van der Waals surface area contributed by atoms with Crippen molar-refractivity contribution in [2.75, 3.05) is 31.6 Å². The van der Waals surface area contributed by atoms with Crippen LogP contribution >= 0.6 is 0 Å². The van der Waals surface area contributed by atoms with Gasteiger partial charge in [0.25, 0.3) is 5.91 Å². The highest BCUT2D eigenvalue weighted by atomic mass is 16.5. The van der Waals surface area contributed by atoms with Gasteiger partial charge >= 0.3 is 0 Å². The van der Waals surface area contributed by atoms with Gasteiger partial charge in [0.05, 0.1) is 23.0 Å². The molecule has 0 spiro atoms. The number of carbonyl (C=O) groups is 1. The second kappa shape index (κ2) is 8.93. The van der Waals surface area contributed by atoms with Crippen molar-refractivity contribution >= 4 is 11.7 Å². The van der Waals surface area contributed by atoms with Crippen LogP contribution in [0.1, 0.15) is 42.6 Å². The van der Waals surface area contributed by atoms with Crippen molar-refractivity contribution < 1.29 is 14.6 Å². The van der Waals surface area contributed by atoms with Gasteiger partial charge in [0, 0.05) is 32.3 Å². The number of pyridine rings is 1. The van der Waals surface area contributed by atoms with Gasteiger partial charge in [-0.25, -0.2) is 4.98 Å². The highest BCUT2D eigenvalue weighted by Crippen LogP contribution is 2.27. The number of nitrogens with zero attached hydrogens (tertiary/aromatic N) is 2. The molecule has 1 aromatic heterocycles. The minimum atomic E-state index is -0.444. The summed E-state index contributed by atoms with van der Waals surface area (Å²) in [7, 11) is 1.63. The summed E-state index contributed by atoms with van der Waals surface area (Å²) in [5.41, 5.74) is 3.12. The lowest BCUT2D eigenvalue weighted by Crippen LogP contribution is -2.41. The number of hydrogen-bond acceptors (Lipinski definition) is 5. The first-order valence-electron chi connectivity index (χ1n) is 10.1. The van der Waals surface area contributed by atoms with Crippen molar-refractivity contribution in [3.05, 3.63) is 47.5 Å². The number of benzene rings is 1. The lowest BCUT2D eigenvalue weighted by Gasteiger charge is -2.32. The van der Waals surface area contributed by atoms with Crippen LogP contribution in [0.2, 0.25) is 0 Å². The van der Waals surface area contributed by atoms with Crippen molar-refractivity contribution in [3.8, 4) is 11.3 Å². The third kappa shape index (κ3) is 5.34. The third-order valence-electron chi connectivity index (χ3n) is 5.42. The number of rotatable bonds is 6. The Hall–Kier alpha value is -2.44. The number of carbonyl (C=O) groups excluding carboxylic acids is 1. The summed E-state index contributed by atoms with van der Waals surface area (Å²) in [5.74, 6) is 0.503. The standard InChI is InChI=1S/C23H31N3O3/c1-16-6-5-7-17(14-16)20-9-8-19(22(28)24-15-23(2,3)29-4)21(25-20)26-12-10-18(27)11-13-26/h5-9,14,18,27H,10-13,15H2,1-4H3,(H,24,28). The normalized spacial score (nSPS) is 15.4. The molecule has 1 saturated heterocycles. The maximum atomic E-state index is 13.0. The summed E-state index contributed by atoms with van der Waals surface area (Å²) in [4.78, 5) is 19.9. The van der Waals surface area contributed by atoms with E-state index in [4.69, 9.17) is 9.72 Å². The maximum Gasteiger partial charge on any atom is 0.255 e. The first-order chi connectivity index (χ1) is 13.8. The zero-order chi connectivity index (χ0) is 21.0. The number of nitrogens with one attached hydrogen (secondary N) is 1. The van der Waals surface area contributed by atoms with Crippen molar-refractivity contribution in [3.63, 3.8) is 0 Å². The number of ether oxygens (including phenoxy) is 1. The molecule has 1 aliphatic rings. The molecule has 6 nitrogen and oxygen atoms in total. The molecule has 29 heavy (non-hydrogen) atoms. The van der Waals surface area contributed by atoms with Crippen molar-refractivity contribution in [2.24, 2.45) is 0 Å². The van der Waals surface area contributed by atoms with E-state index in [1.807, 2.05) is 38.1 Å². The number of anilines is 1. The first kappa shape index (κ1) is 21.3. The zero-order valence-electron chi connectivity index (χ0n) is 17.7. The van der Waals surface area contributed by atoms with Crippen LogP contribution in [0.15, 0.2) is 36.4 Å². The zero-order valence-corrected chi connectivity index (χ0v) is 17.7. The Morgan fingerprint density at radius 1 is 1.28 bits per heavy atom. The van der Waals surface area contributed by atoms with E-state index in [2.05, 4.69) is 29.3 Å². The molecule has 1 aromatic carbocycles. The highest BCUT2D eigenvalue weighted by molar-refractivity contribution is 5.99. The Kier molecular flexibility index (Phi) is 6.55. The van der Waals surface area contributed by atoms with Crippen molar-refractivity contribution in [2.45, 2.75) is 45.3 Å². The van der Waals surface area contributed by atoms with Gasteiger partial charge in [0.2, 0.25) is 0 Å². The lowest BCUT2D eigenvalue weighted by atomic mass is 10.0. The number of aliphatic hydroxyl groups excluding tert-OH is 1. The molecule has 1 amide bonds. The van der Waals surface area contributed by atoms with Crippen LogP contribution in [0.4, 0.5) is 5.82 Å². The molecular formula is C23H31N3O3. The number of aryl methyl sites for hydroxylation is 1. The van der Waals surface area contributed by atoms with Crippen molar-refractivity contribution in [1.29, 1.82) is 0 Å². The minimum absolute atomic E-state index is 0.167. The summed E-state index contributed by atoms with van der Waals surface area (Å²) < 4.78 is 5.40. The molecule has 1 fully saturated rings. The molecule has 2 N–H and O–H groups in total. The van der Waals surface area contributed by atoms with E-state index in [0.717, 1.165) is 16.8 Å². The van der Waals surface area contributed by atoms with E-state index in [-0.39, 0.29) is 12.0 Å². The van der Waals surface area contributed by atoms with Crippen LogP contribution in [-0.2, 0) is 4.74 Å². The Balaban J connectivity index is 1.93. The van der Waals surface area contributed by atoms with E-state index >= 15 is 0 Å². The number of aromatic nitrogens is 1. The molecule has 3 rings (SSSR count). The van der Waals surface area contributed by atoms with E-state index in [9.17, 15) is 9.90 Å². The molecule has 2 aromatic rings. The van der Waals surface area contributed by atoms with Gasteiger partial charge in [-0.2, -0.15) is 0 Å². The molecule has 0 atom stereocenters. The first-order valence-corrected chi connectivity index (χ1v) is 10.1. The van der Waals surface area contributed by atoms with Crippen LogP contribution < -0.4 is 10.2 Å². The number of aliphatic hydroxyl groups is 1.